The van der Waals surface area contributed by atoms with Crippen molar-refractivity contribution >= 4 is 40.8 Å². The molecule has 0 spiro atoms. The molecule has 1 aliphatic heterocycles. The Kier molecular flexibility index (Phi) is 10.3. The molecular formula is C31H30O16. The van der Waals surface area contributed by atoms with Crippen LogP contribution in [0.15, 0.2) is 45.6 Å². The zero-order valence-corrected chi connectivity index (χ0v) is 25.7. The lowest BCUT2D eigenvalue weighted by molar-refractivity contribution is -0.288. The van der Waals surface area contributed by atoms with Crippen LogP contribution in [0.3, 0.4) is 0 Å². The minimum Gasteiger partial charge on any atom is -0.508 e. The zero-order valence-electron chi connectivity index (χ0n) is 25.7. The third-order valence-corrected chi connectivity index (χ3v) is 6.48. The Hall–Kier alpha value is -5.64. The van der Waals surface area contributed by atoms with Gasteiger partial charge in [0.1, 0.15) is 40.9 Å². The van der Waals surface area contributed by atoms with Crippen LogP contribution < -0.4 is 14.9 Å². The summed E-state index contributed by atoms with van der Waals surface area (Å²) in [5.41, 5.74) is -1.06. The molecule has 0 radical (unpaired) electrons. The number of benzene rings is 2. The van der Waals surface area contributed by atoms with Gasteiger partial charge in [-0.3, -0.25) is 28.8 Å². The van der Waals surface area contributed by atoms with Crippen LogP contribution in [0.5, 0.6) is 23.0 Å². The van der Waals surface area contributed by atoms with Crippen molar-refractivity contribution in [3.8, 4) is 34.3 Å². The summed E-state index contributed by atoms with van der Waals surface area (Å²) in [7, 11) is 0. The lowest BCUT2D eigenvalue weighted by Crippen LogP contribution is -2.63. The van der Waals surface area contributed by atoms with Crippen LogP contribution in [0.4, 0.5) is 0 Å². The summed E-state index contributed by atoms with van der Waals surface area (Å²) in [5, 5.41) is 20.2. The second kappa shape index (κ2) is 14.2. The molecule has 0 aliphatic carbocycles. The molecule has 250 valence electrons. The number of carbonyl (C=O) groups is 5. The van der Waals surface area contributed by atoms with Crippen LogP contribution in [0.1, 0.15) is 34.6 Å². The molecule has 2 aromatic carbocycles. The number of hydrogen-bond donors (Lipinski definition) is 2. The standard InChI is InChI=1S/C31H30O16/c1-13(32)40-12-23-27(42-15(3)34)29(43-16(4)35)30(44-17(5)36)31(46-23)47-28-25(39)24-21(38)10-19(37)11-22(24)45-26(28)18-6-8-20(9-7-18)41-14(2)33/h6-11,23,27,29-31,37-38H,12H2,1-5H3/t23-,27-,29+,30-,31+/m1/s1. The Morgan fingerprint density at radius 2 is 1.36 bits per heavy atom. The van der Waals surface area contributed by atoms with Gasteiger partial charge in [0, 0.05) is 52.3 Å². The number of phenolic OH excluding ortho intramolecular Hbond substituents is 2. The molecule has 3 aromatic rings. The molecule has 0 bridgehead atoms. The van der Waals surface area contributed by atoms with E-state index in [-0.39, 0.29) is 22.7 Å². The fourth-order valence-corrected chi connectivity index (χ4v) is 4.81. The van der Waals surface area contributed by atoms with Gasteiger partial charge in [0.15, 0.2) is 18.0 Å². The topological polar surface area (TPSA) is 221 Å². The van der Waals surface area contributed by atoms with Gasteiger partial charge in [0.2, 0.25) is 23.6 Å². The summed E-state index contributed by atoms with van der Waals surface area (Å²) >= 11 is 0. The van der Waals surface area contributed by atoms with E-state index < -0.39 is 95.2 Å². The van der Waals surface area contributed by atoms with Crippen molar-refractivity contribution in [1.29, 1.82) is 0 Å². The van der Waals surface area contributed by atoms with Gasteiger partial charge in [-0.2, -0.15) is 0 Å². The first-order chi connectivity index (χ1) is 22.1. The second-order valence-electron chi connectivity index (χ2n) is 10.2. The molecule has 5 atom stereocenters. The van der Waals surface area contributed by atoms with Crippen LogP contribution in [-0.2, 0) is 47.7 Å². The highest BCUT2D eigenvalue weighted by molar-refractivity contribution is 5.88. The predicted octanol–water partition coefficient (Wildman–Crippen LogP) is 2.26. The smallest absolute Gasteiger partial charge is 0.308 e. The summed E-state index contributed by atoms with van der Waals surface area (Å²) < 4.78 is 44.2. The highest BCUT2D eigenvalue weighted by Crippen LogP contribution is 2.38. The van der Waals surface area contributed by atoms with E-state index in [1.165, 1.54) is 31.2 Å². The van der Waals surface area contributed by atoms with Crippen molar-refractivity contribution in [2.24, 2.45) is 0 Å². The second-order valence-corrected chi connectivity index (χ2v) is 10.2. The van der Waals surface area contributed by atoms with Gasteiger partial charge >= 0.3 is 29.8 Å². The minimum atomic E-state index is -1.82. The molecule has 1 aromatic heterocycles. The molecule has 2 N–H and O–H groups in total. The van der Waals surface area contributed by atoms with E-state index in [0.717, 1.165) is 39.8 Å². The van der Waals surface area contributed by atoms with Crippen molar-refractivity contribution in [2.75, 3.05) is 6.61 Å². The van der Waals surface area contributed by atoms with E-state index in [1.54, 1.807) is 0 Å². The maximum atomic E-state index is 14.0. The Labute approximate surface area is 265 Å². The molecule has 0 unspecified atom stereocenters. The number of hydrogen-bond acceptors (Lipinski definition) is 16. The van der Waals surface area contributed by atoms with Gasteiger partial charge < -0.3 is 47.8 Å². The molecule has 0 amide bonds. The number of aromatic hydroxyl groups is 2. The van der Waals surface area contributed by atoms with Gasteiger partial charge in [0.25, 0.3) is 0 Å². The number of carbonyl (C=O) groups excluding carboxylic acids is 5. The van der Waals surface area contributed by atoms with Gasteiger partial charge in [0.05, 0.1) is 0 Å². The van der Waals surface area contributed by atoms with E-state index in [9.17, 15) is 39.0 Å². The van der Waals surface area contributed by atoms with Gasteiger partial charge in [-0.1, -0.05) is 0 Å². The lowest BCUT2D eigenvalue weighted by Gasteiger charge is -2.43. The van der Waals surface area contributed by atoms with Crippen molar-refractivity contribution in [2.45, 2.75) is 65.3 Å². The molecule has 1 fully saturated rings. The third kappa shape index (κ3) is 8.15. The summed E-state index contributed by atoms with van der Waals surface area (Å²) in [4.78, 5) is 73.5. The highest BCUT2D eigenvalue weighted by Gasteiger charge is 2.53. The van der Waals surface area contributed by atoms with E-state index >= 15 is 0 Å². The monoisotopic (exact) mass is 658 g/mol. The highest BCUT2D eigenvalue weighted by atomic mass is 16.7. The van der Waals surface area contributed by atoms with Gasteiger partial charge in [-0.05, 0) is 24.3 Å². The summed E-state index contributed by atoms with van der Waals surface area (Å²) in [6.07, 6.45) is -8.02. The maximum absolute atomic E-state index is 14.0. The number of phenols is 2. The average molecular weight is 659 g/mol. The van der Waals surface area contributed by atoms with Crippen molar-refractivity contribution in [3.63, 3.8) is 0 Å². The quantitative estimate of drug-likeness (QED) is 0.191. The number of rotatable bonds is 9. The number of fused-ring (bicyclic) bond motifs is 1. The molecule has 1 saturated heterocycles. The van der Waals surface area contributed by atoms with E-state index in [0.29, 0.717) is 0 Å². The predicted molar refractivity (Wildman–Crippen MR) is 155 cm³/mol. The summed E-state index contributed by atoms with van der Waals surface area (Å²) in [6.45, 7) is 4.87. The van der Waals surface area contributed by atoms with Crippen LogP contribution in [0.2, 0.25) is 0 Å². The Morgan fingerprint density at radius 1 is 0.766 bits per heavy atom. The zero-order chi connectivity index (χ0) is 34.6. The SMILES string of the molecule is CC(=O)OC[C@H]1O[C@@H](Oc2c(-c3ccc(OC(C)=O)cc3)oc3cc(O)cc(O)c3c2=O)[C@H](OC(C)=O)[C@@H](OC(C)=O)[C@@H]1OC(C)=O. The van der Waals surface area contributed by atoms with Crippen LogP contribution in [-0.4, -0.2) is 77.4 Å². The normalized spacial score (nSPS) is 20.5. The third-order valence-electron chi connectivity index (χ3n) is 6.48. The summed E-state index contributed by atoms with van der Waals surface area (Å²) in [6, 6.07) is 7.56. The Bertz CT molecular complexity index is 1760. The number of esters is 5. The van der Waals surface area contributed by atoms with Crippen molar-refractivity contribution in [3.05, 3.63) is 46.6 Å². The average Bonchev–Trinajstić information content (AvgIpc) is 2.95. The summed E-state index contributed by atoms with van der Waals surface area (Å²) in [5.74, 6) is -5.82. The minimum absolute atomic E-state index is 0.154. The Morgan fingerprint density at radius 3 is 1.94 bits per heavy atom. The first kappa shape index (κ1) is 34.2. The fourth-order valence-electron chi connectivity index (χ4n) is 4.81. The van der Waals surface area contributed by atoms with Crippen LogP contribution in [0, 0.1) is 0 Å². The molecule has 16 nitrogen and oxygen atoms in total. The molecule has 2 heterocycles. The molecule has 1 aliphatic rings. The Balaban J connectivity index is 1.92. The first-order valence-electron chi connectivity index (χ1n) is 13.9. The van der Waals surface area contributed by atoms with Crippen molar-refractivity contribution < 1.29 is 71.8 Å². The van der Waals surface area contributed by atoms with Crippen LogP contribution in [0.25, 0.3) is 22.3 Å². The maximum Gasteiger partial charge on any atom is 0.308 e. The lowest BCUT2D eigenvalue weighted by atomic mass is 9.98. The largest absolute Gasteiger partial charge is 0.508 e. The molecule has 16 heteroatoms. The fraction of sp³-hybridized carbons (Fsp3) is 0.355. The first-order valence-corrected chi connectivity index (χ1v) is 13.9. The number of ether oxygens (including phenoxy) is 7. The van der Waals surface area contributed by atoms with Crippen molar-refractivity contribution in [1.82, 2.24) is 0 Å². The van der Waals surface area contributed by atoms with Gasteiger partial charge in [-0.15, -0.1) is 0 Å². The van der Waals surface area contributed by atoms with Gasteiger partial charge in [-0.25, -0.2) is 0 Å². The van der Waals surface area contributed by atoms with E-state index in [4.69, 9.17) is 37.6 Å². The van der Waals surface area contributed by atoms with Crippen LogP contribution >= 0.6 is 0 Å². The molecular weight excluding hydrogens is 628 g/mol. The van der Waals surface area contributed by atoms with E-state index in [2.05, 4.69) is 0 Å². The molecule has 0 saturated carbocycles. The molecule has 4 rings (SSSR count). The molecule has 47 heavy (non-hydrogen) atoms. The van der Waals surface area contributed by atoms with E-state index in [1.807, 2.05) is 0 Å².